The van der Waals surface area contributed by atoms with E-state index in [9.17, 15) is 14.4 Å². The third-order valence-corrected chi connectivity index (χ3v) is 9.52. The summed E-state index contributed by atoms with van der Waals surface area (Å²) in [4.78, 5) is 44.2. The summed E-state index contributed by atoms with van der Waals surface area (Å²) in [6.07, 6.45) is 6.44. The molecule has 0 radical (unpaired) electrons. The quantitative estimate of drug-likeness (QED) is 0.587. The zero-order valence-electron chi connectivity index (χ0n) is 23.1. The maximum atomic E-state index is 14.5. The highest BCUT2D eigenvalue weighted by Crippen LogP contribution is 2.42. The molecule has 0 bridgehead atoms. The SMILES string of the molecule is CO[C@H]1CN(C(=O)[C@H](c2cc(C3CCN(C(C)C)CC3)ccc2C(N)=O)C2CCCCC2)[C@@H]2C(=O)CO[C@H]12. The second kappa shape index (κ2) is 11.4. The molecule has 0 unspecified atom stereocenters. The Kier molecular flexibility index (Phi) is 8.22. The average Bonchev–Trinajstić information content (AvgIpc) is 3.49. The van der Waals surface area contributed by atoms with E-state index in [0.717, 1.165) is 63.6 Å². The number of piperidine rings is 1. The Hall–Kier alpha value is -2.29. The number of ketones is 1. The first-order valence-corrected chi connectivity index (χ1v) is 14.5. The van der Waals surface area contributed by atoms with Crippen molar-refractivity contribution < 1.29 is 23.9 Å². The summed E-state index contributed by atoms with van der Waals surface area (Å²) in [7, 11) is 1.60. The molecule has 0 spiro atoms. The average molecular weight is 526 g/mol. The number of methoxy groups -OCH3 is 1. The molecule has 38 heavy (non-hydrogen) atoms. The van der Waals surface area contributed by atoms with Gasteiger partial charge in [-0.3, -0.25) is 14.4 Å². The minimum Gasteiger partial charge on any atom is -0.377 e. The minimum atomic E-state index is -0.626. The Morgan fingerprint density at radius 3 is 2.42 bits per heavy atom. The summed E-state index contributed by atoms with van der Waals surface area (Å²) < 4.78 is 11.4. The highest BCUT2D eigenvalue weighted by atomic mass is 16.5. The van der Waals surface area contributed by atoms with Gasteiger partial charge in [0.1, 0.15) is 24.9 Å². The molecule has 5 rings (SSSR count). The van der Waals surface area contributed by atoms with E-state index in [1.165, 1.54) is 5.56 Å². The summed E-state index contributed by atoms with van der Waals surface area (Å²) in [6, 6.07) is 5.86. The molecule has 3 saturated heterocycles. The fourth-order valence-electron chi connectivity index (χ4n) is 7.35. The molecule has 8 nitrogen and oxygen atoms in total. The highest BCUT2D eigenvalue weighted by Gasteiger charge is 2.54. The number of nitrogens with zero attached hydrogens (tertiary/aromatic N) is 2. The number of ether oxygens (including phenoxy) is 2. The molecule has 4 aliphatic rings. The lowest BCUT2D eigenvalue weighted by Crippen LogP contribution is -2.46. The minimum absolute atomic E-state index is 0.00413. The third kappa shape index (κ3) is 5.15. The number of nitrogens with two attached hydrogens (primary N) is 1. The van der Waals surface area contributed by atoms with Crippen molar-refractivity contribution in [2.45, 2.75) is 94.9 Å². The maximum Gasteiger partial charge on any atom is 0.249 e. The first-order chi connectivity index (χ1) is 18.3. The summed E-state index contributed by atoms with van der Waals surface area (Å²) >= 11 is 0. The molecular formula is C30H43N3O5. The van der Waals surface area contributed by atoms with E-state index < -0.39 is 24.0 Å². The normalized spacial score (nSPS) is 28.2. The molecule has 3 heterocycles. The van der Waals surface area contributed by atoms with Crippen LogP contribution in [-0.4, -0.2) is 85.0 Å². The lowest BCUT2D eigenvalue weighted by Gasteiger charge is -2.36. The van der Waals surface area contributed by atoms with Crippen molar-refractivity contribution in [3.05, 3.63) is 34.9 Å². The van der Waals surface area contributed by atoms with Gasteiger partial charge in [-0.1, -0.05) is 31.4 Å². The molecule has 1 aromatic rings. The first-order valence-electron chi connectivity index (χ1n) is 14.5. The van der Waals surface area contributed by atoms with Crippen LogP contribution in [0, 0.1) is 5.92 Å². The van der Waals surface area contributed by atoms with E-state index in [1.807, 2.05) is 12.1 Å². The summed E-state index contributed by atoms with van der Waals surface area (Å²) in [6.45, 7) is 6.87. The number of amides is 2. The van der Waals surface area contributed by atoms with Gasteiger partial charge >= 0.3 is 0 Å². The number of Topliss-reactive ketones (excluding diaryl/α,β-unsaturated/α-hetero) is 1. The van der Waals surface area contributed by atoms with E-state index in [0.29, 0.717) is 24.1 Å². The standard InChI is InChI=1S/C30H43N3O5/c1-18(2)32-13-11-19(12-14-32)21-9-10-22(29(31)35)23(15-21)26(20-7-5-4-6-8-20)30(36)33-16-25(37-3)28-27(33)24(34)17-38-28/h9-10,15,18-20,25-28H,4-8,11-14,16-17H2,1-3H3,(H2,31,35)/t25-,26-,27+,28+/m0/s1. The number of rotatable bonds is 7. The summed E-state index contributed by atoms with van der Waals surface area (Å²) in [5.41, 5.74) is 8.24. The van der Waals surface area contributed by atoms with Crippen molar-refractivity contribution in [2.75, 3.05) is 33.4 Å². The number of carbonyl (C=O) groups excluding carboxylic acids is 3. The molecule has 2 N–H and O–H groups in total. The van der Waals surface area contributed by atoms with Crippen LogP contribution in [0.15, 0.2) is 18.2 Å². The summed E-state index contributed by atoms with van der Waals surface area (Å²) in [5.74, 6) is -0.718. The van der Waals surface area contributed by atoms with Gasteiger partial charge in [-0.15, -0.1) is 0 Å². The van der Waals surface area contributed by atoms with Crippen molar-refractivity contribution in [3.63, 3.8) is 0 Å². The van der Waals surface area contributed by atoms with Crippen LogP contribution in [-0.2, 0) is 19.1 Å². The molecular weight excluding hydrogens is 482 g/mol. The molecule has 1 aliphatic carbocycles. The van der Waals surface area contributed by atoms with Crippen molar-refractivity contribution in [2.24, 2.45) is 11.7 Å². The molecule has 1 aromatic carbocycles. The van der Waals surface area contributed by atoms with Crippen LogP contribution in [0.3, 0.4) is 0 Å². The van der Waals surface area contributed by atoms with Gasteiger partial charge in [0, 0.05) is 18.7 Å². The third-order valence-electron chi connectivity index (χ3n) is 9.52. The van der Waals surface area contributed by atoms with E-state index in [-0.39, 0.29) is 30.3 Å². The smallest absolute Gasteiger partial charge is 0.249 e. The number of hydrogen-bond acceptors (Lipinski definition) is 6. The van der Waals surface area contributed by atoms with Crippen molar-refractivity contribution in [3.8, 4) is 0 Å². The van der Waals surface area contributed by atoms with Crippen LogP contribution in [0.5, 0.6) is 0 Å². The van der Waals surface area contributed by atoms with Crippen LogP contribution in [0.25, 0.3) is 0 Å². The lowest BCUT2D eigenvalue weighted by atomic mass is 9.73. The second-order valence-electron chi connectivity index (χ2n) is 11.9. The molecule has 8 heteroatoms. The van der Waals surface area contributed by atoms with Crippen LogP contribution in [0.4, 0.5) is 0 Å². The van der Waals surface area contributed by atoms with Gasteiger partial charge in [0.2, 0.25) is 11.8 Å². The van der Waals surface area contributed by atoms with Gasteiger partial charge < -0.3 is 25.0 Å². The number of fused-ring (bicyclic) bond motifs is 1. The van der Waals surface area contributed by atoms with Gasteiger partial charge in [-0.05, 0) is 81.6 Å². The van der Waals surface area contributed by atoms with Gasteiger partial charge in [-0.25, -0.2) is 0 Å². The van der Waals surface area contributed by atoms with Gasteiger partial charge in [0.15, 0.2) is 5.78 Å². The Morgan fingerprint density at radius 1 is 1.08 bits per heavy atom. The predicted octanol–water partition coefficient (Wildman–Crippen LogP) is 3.23. The van der Waals surface area contributed by atoms with Gasteiger partial charge in [-0.2, -0.15) is 0 Å². The van der Waals surface area contributed by atoms with Crippen LogP contribution >= 0.6 is 0 Å². The number of benzene rings is 1. The van der Waals surface area contributed by atoms with Crippen molar-refractivity contribution >= 4 is 17.6 Å². The Bertz CT molecular complexity index is 1040. The van der Waals surface area contributed by atoms with Crippen LogP contribution in [0.1, 0.15) is 92.1 Å². The number of carbonyl (C=O) groups is 3. The monoisotopic (exact) mass is 525 g/mol. The first kappa shape index (κ1) is 27.3. The summed E-state index contributed by atoms with van der Waals surface area (Å²) in [5, 5.41) is 0. The number of likely N-dealkylation sites (tertiary alicyclic amines) is 2. The second-order valence-corrected chi connectivity index (χ2v) is 11.9. The van der Waals surface area contributed by atoms with E-state index in [4.69, 9.17) is 15.2 Å². The van der Waals surface area contributed by atoms with E-state index in [2.05, 4.69) is 24.8 Å². The van der Waals surface area contributed by atoms with Gasteiger partial charge in [0.05, 0.1) is 12.5 Å². The fraction of sp³-hybridized carbons (Fsp3) is 0.700. The van der Waals surface area contributed by atoms with Crippen molar-refractivity contribution in [1.29, 1.82) is 0 Å². The zero-order valence-corrected chi connectivity index (χ0v) is 23.1. The molecule has 208 valence electrons. The van der Waals surface area contributed by atoms with Crippen LogP contribution in [0.2, 0.25) is 0 Å². The topological polar surface area (TPSA) is 102 Å². The zero-order chi connectivity index (χ0) is 27.0. The maximum absolute atomic E-state index is 14.5. The molecule has 3 aliphatic heterocycles. The molecule has 4 atom stereocenters. The lowest BCUT2D eigenvalue weighted by molar-refractivity contribution is -0.139. The largest absolute Gasteiger partial charge is 0.377 e. The fourth-order valence-corrected chi connectivity index (χ4v) is 7.35. The molecule has 2 amide bonds. The Morgan fingerprint density at radius 2 is 1.79 bits per heavy atom. The predicted molar refractivity (Wildman–Crippen MR) is 144 cm³/mol. The van der Waals surface area contributed by atoms with Crippen molar-refractivity contribution in [1.82, 2.24) is 9.80 Å². The number of hydrogen-bond donors (Lipinski definition) is 1. The Balaban J connectivity index is 1.51. The van der Waals surface area contributed by atoms with E-state index in [1.54, 1.807) is 12.0 Å². The Labute approximate surface area is 226 Å². The van der Waals surface area contributed by atoms with Gasteiger partial charge in [0.25, 0.3) is 0 Å². The molecule has 4 fully saturated rings. The molecule has 0 aromatic heterocycles. The molecule has 1 saturated carbocycles. The van der Waals surface area contributed by atoms with Crippen LogP contribution < -0.4 is 5.73 Å². The highest BCUT2D eigenvalue weighted by molar-refractivity contribution is 5.99. The van der Waals surface area contributed by atoms with E-state index >= 15 is 0 Å². The number of primary amides is 1.